The van der Waals surface area contributed by atoms with Crippen LogP contribution in [-0.4, -0.2) is 40.1 Å². The number of hydrazone groups is 2. The first-order chi connectivity index (χ1) is 12.7. The van der Waals surface area contributed by atoms with Crippen LogP contribution in [0, 0.1) is 0 Å². The molecule has 0 aromatic heterocycles. The summed E-state index contributed by atoms with van der Waals surface area (Å²) in [5.74, 6) is 3.74. The van der Waals surface area contributed by atoms with E-state index < -0.39 is 0 Å². The quantitative estimate of drug-likeness (QED) is 0.823. The second-order valence-electron chi connectivity index (χ2n) is 5.35. The standard InChI is InChI=1S/C18H20N4O4/c1-23-13-5-11(6-14(9-13)24-2)17-19-21-18(22-20-17)12-7-15(25-3)10-16(8-12)26-4/h5-10H,1-4H3,(H,19,20)(H,21,22). The van der Waals surface area contributed by atoms with Gasteiger partial charge in [-0.1, -0.05) is 0 Å². The minimum Gasteiger partial charge on any atom is -0.497 e. The molecule has 0 saturated carbocycles. The predicted octanol–water partition coefficient (Wildman–Crippen LogP) is 1.94. The molecule has 0 saturated heterocycles. The Balaban J connectivity index is 1.84. The number of ether oxygens (including phenoxy) is 4. The molecule has 26 heavy (non-hydrogen) atoms. The molecule has 8 heteroatoms. The lowest BCUT2D eigenvalue weighted by Gasteiger charge is -2.17. The Hall–Kier alpha value is -3.42. The largest absolute Gasteiger partial charge is 0.497 e. The average molecular weight is 356 g/mol. The van der Waals surface area contributed by atoms with Crippen LogP contribution in [0.4, 0.5) is 0 Å². The number of hydrogen-bond acceptors (Lipinski definition) is 8. The lowest BCUT2D eigenvalue weighted by molar-refractivity contribution is 0.394. The first-order valence-corrected chi connectivity index (χ1v) is 7.81. The van der Waals surface area contributed by atoms with Crippen LogP contribution in [0.5, 0.6) is 23.0 Å². The van der Waals surface area contributed by atoms with Crippen LogP contribution < -0.4 is 29.8 Å². The van der Waals surface area contributed by atoms with Crippen molar-refractivity contribution in [1.29, 1.82) is 0 Å². The number of benzene rings is 2. The van der Waals surface area contributed by atoms with Crippen molar-refractivity contribution >= 4 is 11.7 Å². The van der Waals surface area contributed by atoms with Crippen LogP contribution in [0.15, 0.2) is 46.6 Å². The van der Waals surface area contributed by atoms with Crippen LogP contribution in [0.25, 0.3) is 0 Å². The SMILES string of the molecule is COc1cc(OC)cc(C2=NNC(c3cc(OC)cc(OC)c3)=NN2)c1. The van der Waals surface area contributed by atoms with Gasteiger partial charge < -0.3 is 18.9 Å². The number of rotatable bonds is 6. The summed E-state index contributed by atoms with van der Waals surface area (Å²) < 4.78 is 21.1. The molecular formula is C18H20N4O4. The first kappa shape index (κ1) is 17.4. The Morgan fingerprint density at radius 1 is 0.538 bits per heavy atom. The lowest BCUT2D eigenvalue weighted by Crippen LogP contribution is -2.34. The van der Waals surface area contributed by atoms with E-state index in [9.17, 15) is 0 Å². The van der Waals surface area contributed by atoms with Crippen molar-refractivity contribution in [3.8, 4) is 23.0 Å². The van der Waals surface area contributed by atoms with Crippen LogP contribution in [0.1, 0.15) is 11.1 Å². The first-order valence-electron chi connectivity index (χ1n) is 7.81. The van der Waals surface area contributed by atoms with Gasteiger partial charge in [-0.15, -0.1) is 0 Å². The summed E-state index contributed by atoms with van der Waals surface area (Å²) in [4.78, 5) is 0. The number of hydrogen-bond donors (Lipinski definition) is 2. The zero-order valence-corrected chi connectivity index (χ0v) is 15.0. The van der Waals surface area contributed by atoms with Gasteiger partial charge in [0, 0.05) is 23.3 Å². The van der Waals surface area contributed by atoms with Gasteiger partial charge in [-0.3, -0.25) is 10.9 Å². The van der Waals surface area contributed by atoms with Crippen molar-refractivity contribution in [2.45, 2.75) is 0 Å². The average Bonchev–Trinajstić information content (AvgIpc) is 2.72. The summed E-state index contributed by atoms with van der Waals surface area (Å²) in [7, 11) is 6.39. The maximum atomic E-state index is 5.28. The molecule has 136 valence electrons. The van der Waals surface area contributed by atoms with Gasteiger partial charge in [-0.05, 0) is 24.3 Å². The van der Waals surface area contributed by atoms with Gasteiger partial charge in [-0.25, -0.2) is 0 Å². The Bertz CT molecular complexity index is 748. The third kappa shape index (κ3) is 3.64. The summed E-state index contributed by atoms with van der Waals surface area (Å²) in [5.41, 5.74) is 7.44. The summed E-state index contributed by atoms with van der Waals surface area (Å²) in [5, 5.41) is 8.70. The molecule has 0 amide bonds. The molecule has 2 aromatic rings. The molecule has 0 unspecified atom stereocenters. The zero-order valence-electron chi connectivity index (χ0n) is 15.0. The van der Waals surface area contributed by atoms with Crippen molar-refractivity contribution in [2.24, 2.45) is 10.2 Å². The van der Waals surface area contributed by atoms with Crippen LogP contribution in [0.2, 0.25) is 0 Å². The summed E-state index contributed by atoms with van der Waals surface area (Å²) in [6, 6.07) is 10.9. The van der Waals surface area contributed by atoms with Gasteiger partial charge in [0.1, 0.15) is 23.0 Å². The third-order valence-electron chi connectivity index (χ3n) is 3.80. The van der Waals surface area contributed by atoms with E-state index >= 15 is 0 Å². The highest BCUT2D eigenvalue weighted by atomic mass is 16.5. The third-order valence-corrected chi connectivity index (χ3v) is 3.80. The molecule has 0 spiro atoms. The number of nitrogens with one attached hydrogen (secondary N) is 2. The monoisotopic (exact) mass is 356 g/mol. The Morgan fingerprint density at radius 2 is 0.846 bits per heavy atom. The maximum Gasteiger partial charge on any atom is 0.174 e. The van der Waals surface area contributed by atoms with Crippen LogP contribution in [-0.2, 0) is 0 Å². The van der Waals surface area contributed by atoms with Gasteiger partial charge >= 0.3 is 0 Å². The molecule has 8 nitrogen and oxygen atoms in total. The smallest absolute Gasteiger partial charge is 0.174 e. The summed E-state index contributed by atoms with van der Waals surface area (Å²) >= 11 is 0. The van der Waals surface area contributed by atoms with Gasteiger partial charge in [0.15, 0.2) is 11.7 Å². The molecule has 2 aromatic carbocycles. The highest BCUT2D eigenvalue weighted by Crippen LogP contribution is 2.24. The Morgan fingerprint density at radius 3 is 1.08 bits per heavy atom. The van der Waals surface area contributed by atoms with Gasteiger partial charge in [0.25, 0.3) is 0 Å². The van der Waals surface area contributed by atoms with E-state index in [0.29, 0.717) is 34.7 Å². The molecule has 0 atom stereocenters. The maximum absolute atomic E-state index is 5.28. The van der Waals surface area contributed by atoms with E-state index in [0.717, 1.165) is 11.1 Å². The van der Waals surface area contributed by atoms with E-state index in [1.54, 1.807) is 40.6 Å². The zero-order chi connectivity index (χ0) is 18.5. The van der Waals surface area contributed by atoms with E-state index in [1.165, 1.54) is 0 Å². The van der Waals surface area contributed by atoms with Crippen molar-refractivity contribution in [3.63, 3.8) is 0 Å². The van der Waals surface area contributed by atoms with Crippen molar-refractivity contribution in [3.05, 3.63) is 47.5 Å². The predicted molar refractivity (Wildman–Crippen MR) is 98.4 cm³/mol. The van der Waals surface area contributed by atoms with Crippen LogP contribution >= 0.6 is 0 Å². The van der Waals surface area contributed by atoms with Crippen molar-refractivity contribution < 1.29 is 18.9 Å². The van der Waals surface area contributed by atoms with Gasteiger partial charge in [0.05, 0.1) is 28.4 Å². The van der Waals surface area contributed by atoms with E-state index in [4.69, 9.17) is 18.9 Å². The molecular weight excluding hydrogens is 336 g/mol. The highest BCUT2D eigenvalue weighted by Gasteiger charge is 2.15. The van der Waals surface area contributed by atoms with Crippen LogP contribution in [0.3, 0.4) is 0 Å². The Labute approximate surface area is 151 Å². The fourth-order valence-corrected chi connectivity index (χ4v) is 2.41. The van der Waals surface area contributed by atoms with Crippen molar-refractivity contribution in [1.82, 2.24) is 10.9 Å². The molecule has 0 aliphatic carbocycles. The summed E-state index contributed by atoms with van der Waals surface area (Å²) in [6.07, 6.45) is 0. The molecule has 3 rings (SSSR count). The normalized spacial score (nSPS) is 12.9. The summed E-state index contributed by atoms with van der Waals surface area (Å²) in [6.45, 7) is 0. The Kier molecular flexibility index (Phi) is 5.12. The molecule has 1 aliphatic rings. The molecule has 2 N–H and O–H groups in total. The molecule has 0 bridgehead atoms. The van der Waals surface area contributed by atoms with Gasteiger partial charge in [-0.2, -0.15) is 10.2 Å². The fourth-order valence-electron chi connectivity index (χ4n) is 2.41. The minimum absolute atomic E-state index is 0.542. The number of methoxy groups -OCH3 is 4. The number of amidine groups is 2. The van der Waals surface area contributed by atoms with E-state index in [-0.39, 0.29) is 0 Å². The lowest BCUT2D eigenvalue weighted by atomic mass is 10.1. The van der Waals surface area contributed by atoms with Gasteiger partial charge in [0.2, 0.25) is 0 Å². The highest BCUT2D eigenvalue weighted by molar-refractivity contribution is 6.06. The number of nitrogens with zero attached hydrogens (tertiary/aromatic N) is 2. The van der Waals surface area contributed by atoms with E-state index in [1.807, 2.05) is 24.3 Å². The molecule has 1 heterocycles. The molecule has 1 aliphatic heterocycles. The second kappa shape index (κ2) is 7.64. The minimum atomic E-state index is 0.542. The topological polar surface area (TPSA) is 85.7 Å². The second-order valence-corrected chi connectivity index (χ2v) is 5.35. The van der Waals surface area contributed by atoms with E-state index in [2.05, 4.69) is 21.1 Å². The molecule has 0 fully saturated rings. The fraction of sp³-hybridized carbons (Fsp3) is 0.222. The van der Waals surface area contributed by atoms with Crippen molar-refractivity contribution in [2.75, 3.05) is 28.4 Å². The molecule has 0 radical (unpaired) electrons.